The van der Waals surface area contributed by atoms with Gasteiger partial charge >= 0.3 is 0 Å². The summed E-state index contributed by atoms with van der Waals surface area (Å²) >= 11 is 0. The van der Waals surface area contributed by atoms with Gasteiger partial charge in [-0.1, -0.05) is 26.0 Å². The van der Waals surface area contributed by atoms with E-state index in [1.54, 1.807) is 7.11 Å². The highest BCUT2D eigenvalue weighted by atomic mass is 16.5. The second-order valence-electron chi connectivity index (χ2n) is 5.20. The molecule has 0 aliphatic carbocycles. The van der Waals surface area contributed by atoms with Crippen LogP contribution in [0.2, 0.25) is 0 Å². The van der Waals surface area contributed by atoms with Gasteiger partial charge in [-0.25, -0.2) is 4.98 Å². The molecule has 5 heteroatoms. The van der Waals surface area contributed by atoms with Crippen LogP contribution in [0.4, 0.5) is 5.88 Å². The summed E-state index contributed by atoms with van der Waals surface area (Å²) in [7, 11) is 1.64. The maximum atomic E-state index is 9.10. The minimum absolute atomic E-state index is 0.305. The maximum absolute atomic E-state index is 9.10. The van der Waals surface area contributed by atoms with E-state index in [-0.39, 0.29) is 0 Å². The molecule has 1 aromatic carbocycles. The smallest absolute Gasteiger partial charge is 0.232 e. The molecule has 0 unspecified atom stereocenters. The highest BCUT2D eigenvalue weighted by Gasteiger charge is 2.13. The molecule has 0 spiro atoms. The zero-order valence-electron chi connectivity index (χ0n) is 12.5. The summed E-state index contributed by atoms with van der Waals surface area (Å²) in [5.74, 6) is 2.28. The van der Waals surface area contributed by atoms with Crippen molar-refractivity contribution in [3.8, 4) is 11.8 Å². The first-order valence-electron chi connectivity index (χ1n) is 6.89. The van der Waals surface area contributed by atoms with E-state index in [9.17, 15) is 0 Å². The van der Waals surface area contributed by atoms with E-state index in [0.29, 0.717) is 29.9 Å². The quantitative estimate of drug-likeness (QED) is 0.881. The highest BCUT2D eigenvalue weighted by molar-refractivity contribution is 5.46. The van der Waals surface area contributed by atoms with Crippen molar-refractivity contribution in [3.05, 3.63) is 41.4 Å². The van der Waals surface area contributed by atoms with Gasteiger partial charge in [-0.15, -0.1) is 0 Å². The van der Waals surface area contributed by atoms with Crippen molar-refractivity contribution in [3.63, 3.8) is 0 Å². The minimum atomic E-state index is 0.305. The van der Waals surface area contributed by atoms with Crippen LogP contribution in [0.15, 0.2) is 28.7 Å². The SMILES string of the molecule is COc1ccc(CNc2oc(CC(C)C)nc2C#N)cc1. The number of rotatable bonds is 6. The van der Waals surface area contributed by atoms with Crippen molar-refractivity contribution in [2.75, 3.05) is 12.4 Å². The molecule has 1 N–H and O–H groups in total. The van der Waals surface area contributed by atoms with Crippen LogP contribution >= 0.6 is 0 Å². The van der Waals surface area contributed by atoms with Gasteiger partial charge < -0.3 is 14.5 Å². The zero-order valence-corrected chi connectivity index (χ0v) is 12.5. The second kappa shape index (κ2) is 6.80. The van der Waals surface area contributed by atoms with Gasteiger partial charge in [0.25, 0.3) is 0 Å². The van der Waals surface area contributed by atoms with Crippen molar-refractivity contribution < 1.29 is 9.15 Å². The Morgan fingerprint density at radius 3 is 2.62 bits per heavy atom. The molecule has 0 fully saturated rings. The van der Waals surface area contributed by atoms with Crippen LogP contribution in [0.3, 0.4) is 0 Å². The molecule has 0 atom stereocenters. The van der Waals surface area contributed by atoms with Gasteiger partial charge in [0.1, 0.15) is 11.8 Å². The molecule has 0 bridgehead atoms. The first kappa shape index (κ1) is 14.9. The summed E-state index contributed by atoms with van der Waals surface area (Å²) in [6.45, 7) is 4.73. The number of aromatic nitrogens is 1. The third-order valence-electron chi connectivity index (χ3n) is 2.97. The van der Waals surface area contributed by atoms with E-state index in [1.807, 2.05) is 24.3 Å². The third kappa shape index (κ3) is 3.99. The number of nitrogens with zero attached hydrogens (tertiary/aromatic N) is 2. The Kier molecular flexibility index (Phi) is 4.83. The number of oxazole rings is 1. The molecule has 0 saturated carbocycles. The summed E-state index contributed by atoms with van der Waals surface area (Å²) in [5, 5.41) is 12.2. The number of methoxy groups -OCH3 is 1. The number of hydrogen-bond acceptors (Lipinski definition) is 5. The number of nitrogens with one attached hydrogen (secondary N) is 1. The average Bonchev–Trinajstić information content (AvgIpc) is 2.86. The molecule has 1 heterocycles. The molecular weight excluding hydrogens is 266 g/mol. The lowest BCUT2D eigenvalue weighted by atomic mass is 10.1. The number of ether oxygens (including phenoxy) is 1. The molecule has 5 nitrogen and oxygen atoms in total. The number of anilines is 1. The Morgan fingerprint density at radius 2 is 2.05 bits per heavy atom. The van der Waals surface area contributed by atoms with E-state index >= 15 is 0 Å². The summed E-state index contributed by atoms with van der Waals surface area (Å²) in [6.07, 6.45) is 0.721. The van der Waals surface area contributed by atoms with Crippen molar-refractivity contribution in [2.24, 2.45) is 5.92 Å². The lowest BCUT2D eigenvalue weighted by molar-refractivity contribution is 0.414. The Hall–Kier alpha value is -2.48. The van der Waals surface area contributed by atoms with Gasteiger partial charge in [0, 0.05) is 13.0 Å². The summed E-state index contributed by atoms with van der Waals surface area (Å²) < 4.78 is 10.7. The fourth-order valence-electron chi connectivity index (χ4n) is 1.92. The lowest BCUT2D eigenvalue weighted by Gasteiger charge is -2.05. The average molecular weight is 285 g/mol. The molecule has 0 aliphatic rings. The second-order valence-corrected chi connectivity index (χ2v) is 5.20. The highest BCUT2D eigenvalue weighted by Crippen LogP contribution is 2.20. The van der Waals surface area contributed by atoms with Gasteiger partial charge in [-0.05, 0) is 23.6 Å². The number of benzene rings is 1. The van der Waals surface area contributed by atoms with Crippen molar-refractivity contribution >= 4 is 5.88 Å². The first-order chi connectivity index (χ1) is 10.1. The van der Waals surface area contributed by atoms with Crippen LogP contribution in [-0.4, -0.2) is 12.1 Å². The predicted octanol–water partition coefficient (Wildman–Crippen LogP) is 3.37. The fraction of sp³-hybridized carbons (Fsp3) is 0.375. The van der Waals surface area contributed by atoms with Crippen LogP contribution in [0.1, 0.15) is 31.0 Å². The van der Waals surface area contributed by atoms with Crippen LogP contribution in [0.5, 0.6) is 5.75 Å². The molecule has 0 radical (unpaired) electrons. The molecule has 2 rings (SSSR count). The van der Waals surface area contributed by atoms with Gasteiger partial charge in [0.15, 0.2) is 5.89 Å². The van der Waals surface area contributed by atoms with Crippen molar-refractivity contribution in [1.82, 2.24) is 4.98 Å². The largest absolute Gasteiger partial charge is 0.497 e. The number of nitriles is 1. The Morgan fingerprint density at radius 1 is 1.33 bits per heavy atom. The maximum Gasteiger partial charge on any atom is 0.232 e. The van der Waals surface area contributed by atoms with Gasteiger partial charge in [0.2, 0.25) is 11.6 Å². The van der Waals surface area contributed by atoms with E-state index in [1.165, 1.54) is 0 Å². The molecule has 0 amide bonds. The monoisotopic (exact) mass is 285 g/mol. The molecular formula is C16H19N3O2. The third-order valence-corrected chi connectivity index (χ3v) is 2.97. The standard InChI is InChI=1S/C16H19N3O2/c1-11(2)8-15-19-14(9-17)16(21-15)18-10-12-4-6-13(20-3)7-5-12/h4-7,11,18H,8,10H2,1-3H3. The Balaban J connectivity index is 2.04. The summed E-state index contributed by atoms with van der Waals surface area (Å²) in [4.78, 5) is 4.20. The Labute approximate surface area is 124 Å². The fourth-order valence-corrected chi connectivity index (χ4v) is 1.92. The molecule has 0 aliphatic heterocycles. The molecule has 110 valence electrons. The molecule has 0 saturated heterocycles. The van der Waals surface area contributed by atoms with Crippen LogP contribution < -0.4 is 10.1 Å². The normalized spacial score (nSPS) is 10.4. The van der Waals surface area contributed by atoms with Crippen molar-refractivity contribution in [2.45, 2.75) is 26.8 Å². The lowest BCUT2D eigenvalue weighted by Crippen LogP contribution is -1.99. The molecule has 21 heavy (non-hydrogen) atoms. The summed E-state index contributed by atoms with van der Waals surface area (Å²) in [6, 6.07) is 9.77. The topological polar surface area (TPSA) is 71.1 Å². The van der Waals surface area contributed by atoms with Crippen LogP contribution in [0, 0.1) is 17.2 Å². The van der Waals surface area contributed by atoms with Crippen LogP contribution in [0.25, 0.3) is 0 Å². The Bertz CT molecular complexity index is 624. The summed E-state index contributed by atoms with van der Waals surface area (Å²) in [5.41, 5.74) is 1.38. The van der Waals surface area contributed by atoms with E-state index < -0.39 is 0 Å². The minimum Gasteiger partial charge on any atom is -0.497 e. The predicted molar refractivity (Wildman–Crippen MR) is 80.1 cm³/mol. The number of hydrogen-bond donors (Lipinski definition) is 1. The molecule has 1 aromatic heterocycles. The van der Waals surface area contributed by atoms with E-state index in [0.717, 1.165) is 17.7 Å². The van der Waals surface area contributed by atoms with E-state index in [4.69, 9.17) is 14.4 Å². The van der Waals surface area contributed by atoms with Crippen LogP contribution in [-0.2, 0) is 13.0 Å². The first-order valence-corrected chi connectivity index (χ1v) is 6.89. The van der Waals surface area contributed by atoms with Gasteiger partial charge in [-0.2, -0.15) is 5.26 Å². The van der Waals surface area contributed by atoms with Gasteiger partial charge in [-0.3, -0.25) is 0 Å². The van der Waals surface area contributed by atoms with Crippen molar-refractivity contribution in [1.29, 1.82) is 5.26 Å². The zero-order chi connectivity index (χ0) is 15.2. The van der Waals surface area contributed by atoms with E-state index in [2.05, 4.69) is 30.2 Å². The molecule has 2 aromatic rings. The van der Waals surface area contributed by atoms with Gasteiger partial charge in [0.05, 0.1) is 7.11 Å².